The molecular weight excluding hydrogens is 249 g/mol. The minimum absolute atomic E-state index is 0.0471. The molecule has 0 amide bonds. The smallest absolute Gasteiger partial charge is 0.239 e. The van der Waals surface area contributed by atoms with Gasteiger partial charge in [0.2, 0.25) is 5.95 Å². The second kappa shape index (κ2) is 5.66. The van der Waals surface area contributed by atoms with Crippen LogP contribution in [0.1, 0.15) is 32.6 Å². The van der Waals surface area contributed by atoms with Crippen molar-refractivity contribution in [1.29, 1.82) is 0 Å². The van der Waals surface area contributed by atoms with Gasteiger partial charge in [-0.05, 0) is 31.6 Å². The number of hydrogen-bond donors (Lipinski definition) is 4. The minimum Gasteiger partial charge on any atom is -0.394 e. The lowest BCUT2D eigenvalue weighted by Crippen LogP contribution is -2.45. The lowest BCUT2D eigenvalue weighted by molar-refractivity contribution is 0.154. The fraction of sp³-hybridized carbons (Fsp3) is 0.667. The number of hydrogen-bond acceptors (Lipinski definition) is 6. The summed E-state index contributed by atoms with van der Waals surface area (Å²) in [5, 5.41) is 12.7. The van der Waals surface area contributed by atoms with Gasteiger partial charge in [0.25, 0.3) is 0 Å². The summed E-state index contributed by atoms with van der Waals surface area (Å²) in [5.41, 5.74) is 1.77. The van der Waals surface area contributed by atoms with Crippen molar-refractivity contribution < 1.29 is 9.50 Å². The normalized spacial score (nSPS) is 27.1. The average Bonchev–Trinajstić information content (AvgIpc) is 2.44. The van der Waals surface area contributed by atoms with Gasteiger partial charge in [-0.1, -0.05) is 6.92 Å². The van der Waals surface area contributed by atoms with Gasteiger partial charge < -0.3 is 10.4 Å². The molecule has 1 aromatic rings. The van der Waals surface area contributed by atoms with E-state index in [0.29, 0.717) is 5.92 Å². The number of nitrogen functional groups attached to an aromatic ring is 1. The monoisotopic (exact) mass is 269 g/mol. The molecule has 0 bridgehead atoms. The molecule has 0 spiro atoms. The van der Waals surface area contributed by atoms with Crippen molar-refractivity contribution in [3.05, 3.63) is 12.0 Å². The Kier molecular flexibility index (Phi) is 4.16. The standard InChI is InChI=1S/C12H20FN5O/c1-8-2-4-12(7-19,5-3-8)17-10-9(13)6-15-11(16-10)18-14/h6,8,19H,2-5,7,14H2,1H3,(H2,15,16,17,18). The third-order valence-electron chi connectivity index (χ3n) is 3.79. The Morgan fingerprint density at radius 3 is 2.79 bits per heavy atom. The first-order valence-electron chi connectivity index (χ1n) is 6.47. The number of aliphatic hydroxyl groups is 1. The van der Waals surface area contributed by atoms with E-state index in [4.69, 9.17) is 5.84 Å². The van der Waals surface area contributed by atoms with Gasteiger partial charge in [-0.3, -0.25) is 5.43 Å². The average molecular weight is 269 g/mol. The lowest BCUT2D eigenvalue weighted by Gasteiger charge is -2.39. The van der Waals surface area contributed by atoms with Crippen LogP contribution < -0.4 is 16.6 Å². The number of rotatable bonds is 4. The summed E-state index contributed by atoms with van der Waals surface area (Å²) in [6.07, 6.45) is 4.64. The van der Waals surface area contributed by atoms with Crippen molar-refractivity contribution in [3.63, 3.8) is 0 Å². The molecule has 6 nitrogen and oxygen atoms in total. The van der Waals surface area contributed by atoms with Crippen LogP contribution in [-0.2, 0) is 0 Å². The summed E-state index contributed by atoms with van der Waals surface area (Å²) in [5.74, 6) is 5.51. The van der Waals surface area contributed by atoms with Crippen LogP contribution in [0.3, 0.4) is 0 Å². The molecule has 7 heteroatoms. The van der Waals surface area contributed by atoms with Gasteiger partial charge in [-0.15, -0.1) is 0 Å². The van der Waals surface area contributed by atoms with Crippen LogP contribution >= 0.6 is 0 Å². The molecule has 0 unspecified atom stereocenters. The molecule has 0 saturated heterocycles. The van der Waals surface area contributed by atoms with Crippen molar-refractivity contribution in [1.82, 2.24) is 9.97 Å². The minimum atomic E-state index is -0.551. The van der Waals surface area contributed by atoms with E-state index in [-0.39, 0.29) is 18.4 Å². The molecule has 19 heavy (non-hydrogen) atoms. The topological polar surface area (TPSA) is 96.1 Å². The first kappa shape index (κ1) is 14.0. The highest BCUT2D eigenvalue weighted by molar-refractivity contribution is 5.43. The summed E-state index contributed by atoms with van der Waals surface area (Å²) in [6, 6.07) is 0. The largest absolute Gasteiger partial charge is 0.394 e. The van der Waals surface area contributed by atoms with Crippen LogP contribution in [0.25, 0.3) is 0 Å². The van der Waals surface area contributed by atoms with Gasteiger partial charge in [-0.2, -0.15) is 4.98 Å². The summed E-state index contributed by atoms with van der Waals surface area (Å²) >= 11 is 0. The van der Waals surface area contributed by atoms with Crippen molar-refractivity contribution in [2.75, 3.05) is 17.3 Å². The maximum absolute atomic E-state index is 13.7. The molecule has 1 aromatic heterocycles. The second-order valence-corrected chi connectivity index (χ2v) is 5.28. The van der Waals surface area contributed by atoms with E-state index in [1.165, 1.54) is 0 Å². The molecule has 0 aromatic carbocycles. The molecule has 2 rings (SSSR count). The Morgan fingerprint density at radius 2 is 2.21 bits per heavy atom. The third-order valence-corrected chi connectivity index (χ3v) is 3.79. The molecular formula is C12H20FN5O. The van der Waals surface area contributed by atoms with Gasteiger partial charge in [0, 0.05) is 0 Å². The molecule has 106 valence electrons. The van der Waals surface area contributed by atoms with Gasteiger partial charge in [0.1, 0.15) is 0 Å². The number of anilines is 2. The maximum Gasteiger partial charge on any atom is 0.239 e. The van der Waals surface area contributed by atoms with Crippen molar-refractivity contribution in [2.45, 2.75) is 38.1 Å². The van der Waals surface area contributed by atoms with Crippen molar-refractivity contribution in [2.24, 2.45) is 11.8 Å². The van der Waals surface area contributed by atoms with Crippen LogP contribution in [0, 0.1) is 11.7 Å². The van der Waals surface area contributed by atoms with Gasteiger partial charge >= 0.3 is 0 Å². The predicted molar refractivity (Wildman–Crippen MR) is 70.9 cm³/mol. The van der Waals surface area contributed by atoms with Gasteiger partial charge in [-0.25, -0.2) is 15.2 Å². The molecule has 0 aliphatic heterocycles. The number of hydrazine groups is 1. The van der Waals surface area contributed by atoms with Crippen LogP contribution in [0.5, 0.6) is 0 Å². The van der Waals surface area contributed by atoms with E-state index >= 15 is 0 Å². The quantitative estimate of drug-likeness (QED) is 0.485. The number of nitrogens with one attached hydrogen (secondary N) is 2. The van der Waals surface area contributed by atoms with E-state index in [1.54, 1.807) is 0 Å². The molecule has 1 aliphatic rings. The Hall–Kier alpha value is -1.47. The van der Waals surface area contributed by atoms with E-state index in [2.05, 4.69) is 27.6 Å². The summed E-state index contributed by atoms with van der Waals surface area (Å²) in [4.78, 5) is 7.64. The Morgan fingerprint density at radius 1 is 1.53 bits per heavy atom. The van der Waals surface area contributed by atoms with E-state index < -0.39 is 11.4 Å². The summed E-state index contributed by atoms with van der Waals surface area (Å²) in [6.45, 7) is 2.14. The number of nitrogens with two attached hydrogens (primary N) is 1. The second-order valence-electron chi connectivity index (χ2n) is 5.28. The van der Waals surface area contributed by atoms with Crippen LogP contribution in [0.2, 0.25) is 0 Å². The summed E-state index contributed by atoms with van der Waals surface area (Å²) < 4.78 is 13.7. The highest BCUT2D eigenvalue weighted by Crippen LogP contribution is 2.34. The van der Waals surface area contributed by atoms with Gasteiger partial charge in [0.05, 0.1) is 18.3 Å². The number of aliphatic hydroxyl groups excluding tert-OH is 1. The number of nitrogens with zero attached hydrogens (tertiary/aromatic N) is 2. The number of aromatic nitrogens is 2. The SMILES string of the molecule is CC1CCC(CO)(Nc2nc(NN)ncc2F)CC1. The zero-order valence-electron chi connectivity index (χ0n) is 11.0. The van der Waals surface area contributed by atoms with Crippen molar-refractivity contribution >= 4 is 11.8 Å². The third kappa shape index (κ3) is 3.10. The summed E-state index contributed by atoms with van der Waals surface area (Å²) in [7, 11) is 0. The molecule has 0 atom stereocenters. The Bertz CT molecular complexity index is 434. The molecule has 1 aliphatic carbocycles. The highest BCUT2D eigenvalue weighted by atomic mass is 19.1. The van der Waals surface area contributed by atoms with Crippen LogP contribution in [0.15, 0.2) is 6.20 Å². The molecule has 1 saturated carbocycles. The van der Waals surface area contributed by atoms with E-state index in [9.17, 15) is 9.50 Å². The zero-order chi connectivity index (χ0) is 13.9. The maximum atomic E-state index is 13.7. The fourth-order valence-corrected chi connectivity index (χ4v) is 2.41. The predicted octanol–water partition coefficient (Wildman–Crippen LogP) is 1.25. The fourth-order valence-electron chi connectivity index (χ4n) is 2.41. The molecule has 1 heterocycles. The van der Waals surface area contributed by atoms with Crippen LogP contribution in [-0.4, -0.2) is 27.2 Å². The molecule has 5 N–H and O–H groups in total. The number of halogens is 1. The Balaban J connectivity index is 2.18. The molecule has 1 fully saturated rings. The Labute approximate surface area is 111 Å². The van der Waals surface area contributed by atoms with Crippen LogP contribution in [0.4, 0.5) is 16.2 Å². The zero-order valence-corrected chi connectivity index (χ0v) is 11.0. The molecule has 0 radical (unpaired) electrons. The highest BCUT2D eigenvalue weighted by Gasteiger charge is 2.34. The lowest BCUT2D eigenvalue weighted by atomic mass is 9.77. The first-order valence-corrected chi connectivity index (χ1v) is 6.47. The first-order chi connectivity index (χ1) is 9.08. The van der Waals surface area contributed by atoms with Crippen molar-refractivity contribution in [3.8, 4) is 0 Å². The van der Waals surface area contributed by atoms with Gasteiger partial charge in [0.15, 0.2) is 11.6 Å². The van der Waals surface area contributed by atoms with E-state index in [1.807, 2.05) is 0 Å². The van der Waals surface area contributed by atoms with E-state index in [0.717, 1.165) is 31.9 Å².